The molecule has 0 unspecified atom stereocenters. The highest BCUT2D eigenvalue weighted by atomic mass is 127. The number of ether oxygens (including phenoxy) is 2. The van der Waals surface area contributed by atoms with Gasteiger partial charge in [0.05, 0.1) is 16.3 Å². The Morgan fingerprint density at radius 2 is 1.86 bits per heavy atom. The van der Waals surface area contributed by atoms with Gasteiger partial charge in [-0.15, -0.1) is 0 Å². The molecule has 186 valence electrons. The van der Waals surface area contributed by atoms with Crippen molar-refractivity contribution < 1.29 is 14.3 Å². The first-order valence-corrected chi connectivity index (χ1v) is 13.4. The smallest absolute Gasteiger partial charge is 0.283 e. The van der Waals surface area contributed by atoms with E-state index in [-0.39, 0.29) is 11.4 Å². The number of nitrogens with zero attached hydrogens (tertiary/aromatic N) is 3. The molecule has 3 aromatic carbocycles. The highest BCUT2D eigenvalue weighted by Gasteiger charge is 2.36. The van der Waals surface area contributed by atoms with Crippen LogP contribution in [-0.2, 0) is 11.4 Å². The number of carbonyl (C=O) groups is 1. The van der Waals surface area contributed by atoms with Crippen molar-refractivity contribution in [3.05, 3.63) is 97.6 Å². The third-order valence-corrected chi connectivity index (χ3v) is 7.71. The first-order valence-electron chi connectivity index (χ1n) is 11.5. The Labute approximate surface area is 232 Å². The minimum atomic E-state index is -0.474. The maximum absolute atomic E-state index is 12.9. The number of rotatable bonds is 6. The van der Waals surface area contributed by atoms with Gasteiger partial charge in [0.15, 0.2) is 17.3 Å². The number of aryl methyl sites for hydroxylation is 2. The first kappa shape index (κ1) is 25.2. The second kappa shape index (κ2) is 10.5. The molecule has 2 heterocycles. The molecule has 0 saturated carbocycles. The molecule has 2 aliphatic rings. The lowest BCUT2D eigenvalue weighted by Crippen LogP contribution is -2.35. The topological polar surface area (TPSA) is 87.3 Å². The van der Waals surface area contributed by atoms with Crippen LogP contribution in [0.1, 0.15) is 27.8 Å². The van der Waals surface area contributed by atoms with E-state index < -0.39 is 5.91 Å². The van der Waals surface area contributed by atoms with Crippen LogP contribution in [0.3, 0.4) is 0 Å². The van der Waals surface area contributed by atoms with Crippen molar-refractivity contribution >= 4 is 62.4 Å². The van der Waals surface area contributed by atoms with E-state index in [4.69, 9.17) is 14.9 Å². The number of nitrogens with one attached hydrogen (secondary N) is 1. The second-order valence-electron chi connectivity index (χ2n) is 8.54. The Hall–Kier alpha value is -3.44. The number of amides is 1. The molecule has 1 amide bonds. The van der Waals surface area contributed by atoms with E-state index in [9.17, 15) is 4.79 Å². The Bertz CT molecular complexity index is 1510. The summed E-state index contributed by atoms with van der Waals surface area (Å²) in [6.45, 7) is 4.48. The van der Waals surface area contributed by atoms with Crippen molar-refractivity contribution in [2.45, 2.75) is 20.5 Å². The number of hydrogen-bond donors (Lipinski definition) is 1. The number of benzene rings is 3. The summed E-state index contributed by atoms with van der Waals surface area (Å²) in [6, 6.07) is 19.7. The van der Waals surface area contributed by atoms with Crippen molar-refractivity contribution in [2.24, 2.45) is 10.1 Å². The SMILES string of the molecule is COc1cc(/C=C2/C(=N)N3N=C(c4ccc(C)cc4)SC3=NC2=O)cc(I)c1OCc1ccccc1C. The number of fused-ring (bicyclic) bond motifs is 1. The summed E-state index contributed by atoms with van der Waals surface area (Å²) in [7, 11) is 1.58. The minimum absolute atomic E-state index is 0.0153. The molecule has 0 atom stereocenters. The summed E-state index contributed by atoms with van der Waals surface area (Å²) in [6.07, 6.45) is 1.64. The normalized spacial score (nSPS) is 16.0. The van der Waals surface area contributed by atoms with E-state index >= 15 is 0 Å². The van der Waals surface area contributed by atoms with Crippen LogP contribution >= 0.6 is 34.4 Å². The van der Waals surface area contributed by atoms with Crippen LogP contribution < -0.4 is 9.47 Å². The molecule has 1 N–H and O–H groups in total. The van der Waals surface area contributed by atoms with Gasteiger partial charge in [-0.25, -0.2) is 0 Å². The Kier molecular flexibility index (Phi) is 7.16. The van der Waals surface area contributed by atoms with Gasteiger partial charge in [0.2, 0.25) is 5.17 Å². The average molecular weight is 622 g/mol. The lowest BCUT2D eigenvalue weighted by molar-refractivity contribution is -0.114. The van der Waals surface area contributed by atoms with Gasteiger partial charge >= 0.3 is 0 Å². The molecule has 2 aliphatic heterocycles. The molecule has 5 rings (SSSR count). The largest absolute Gasteiger partial charge is 0.493 e. The van der Waals surface area contributed by atoms with E-state index in [2.05, 4.69) is 32.7 Å². The number of thioether (sulfide) groups is 1. The molecular formula is C28H23IN4O3S. The summed E-state index contributed by atoms with van der Waals surface area (Å²) >= 11 is 3.47. The van der Waals surface area contributed by atoms with Gasteiger partial charge in [-0.05, 0) is 83.1 Å². The van der Waals surface area contributed by atoms with Gasteiger partial charge in [0, 0.05) is 5.56 Å². The Balaban J connectivity index is 1.41. The predicted molar refractivity (Wildman–Crippen MR) is 157 cm³/mol. The van der Waals surface area contributed by atoms with Crippen LogP contribution in [0.25, 0.3) is 6.08 Å². The predicted octanol–water partition coefficient (Wildman–Crippen LogP) is 6.16. The molecule has 0 bridgehead atoms. The van der Waals surface area contributed by atoms with E-state index in [1.54, 1.807) is 19.3 Å². The zero-order valence-corrected chi connectivity index (χ0v) is 23.4. The number of carbonyl (C=O) groups excluding carboxylic acids is 1. The summed E-state index contributed by atoms with van der Waals surface area (Å²) in [4.78, 5) is 17.1. The Morgan fingerprint density at radius 3 is 2.59 bits per heavy atom. The standard InChI is InChI=1S/C28H23IN4O3S/c1-16-8-10-19(11-9-16)27-32-33-25(30)21(26(34)31-28(33)37-27)12-18-13-22(29)24(23(14-18)35-3)36-15-20-7-5-4-6-17(20)2/h4-14,30H,15H2,1-3H3/b21-12-,30-25?. The molecule has 9 heteroatoms. The fourth-order valence-electron chi connectivity index (χ4n) is 3.86. The summed E-state index contributed by atoms with van der Waals surface area (Å²) < 4.78 is 12.6. The van der Waals surface area contributed by atoms with Gasteiger partial charge in [0.25, 0.3) is 5.91 Å². The fourth-order valence-corrected chi connectivity index (χ4v) is 5.53. The summed E-state index contributed by atoms with van der Waals surface area (Å²) in [5.74, 6) is 0.682. The van der Waals surface area contributed by atoms with Crippen molar-refractivity contribution in [1.29, 1.82) is 5.41 Å². The molecule has 0 radical (unpaired) electrons. The van der Waals surface area contributed by atoms with Gasteiger partial charge in [-0.1, -0.05) is 54.1 Å². The zero-order valence-electron chi connectivity index (χ0n) is 20.4. The van der Waals surface area contributed by atoms with E-state index in [0.29, 0.717) is 33.9 Å². The molecule has 0 aromatic heterocycles. The molecule has 7 nitrogen and oxygen atoms in total. The number of hydrogen-bond acceptors (Lipinski definition) is 6. The third kappa shape index (κ3) is 5.19. The van der Waals surface area contributed by atoms with Gasteiger partial charge in [0.1, 0.15) is 11.7 Å². The number of amidine groups is 2. The molecule has 3 aromatic rings. The molecular weight excluding hydrogens is 599 g/mol. The van der Waals surface area contributed by atoms with E-state index in [1.807, 2.05) is 68.4 Å². The van der Waals surface area contributed by atoms with Crippen LogP contribution in [0, 0.1) is 22.8 Å². The van der Waals surface area contributed by atoms with Crippen LogP contribution in [0.15, 0.2) is 76.3 Å². The maximum atomic E-state index is 12.9. The highest BCUT2D eigenvalue weighted by Crippen LogP contribution is 2.36. The first-order chi connectivity index (χ1) is 17.8. The van der Waals surface area contributed by atoms with Gasteiger partial charge < -0.3 is 9.47 Å². The molecule has 0 saturated heterocycles. The fraction of sp³-hybridized carbons (Fsp3) is 0.143. The van der Waals surface area contributed by atoms with Crippen molar-refractivity contribution in [1.82, 2.24) is 5.01 Å². The number of aliphatic imine (C=N–C) groups is 1. The molecule has 0 aliphatic carbocycles. The number of hydrazone groups is 1. The zero-order chi connectivity index (χ0) is 26.1. The van der Waals surface area contributed by atoms with E-state index in [1.165, 1.54) is 16.8 Å². The molecule has 37 heavy (non-hydrogen) atoms. The van der Waals surface area contributed by atoms with Crippen LogP contribution in [0.5, 0.6) is 11.5 Å². The quantitative estimate of drug-likeness (QED) is 0.263. The lowest BCUT2D eigenvalue weighted by Gasteiger charge is -2.20. The van der Waals surface area contributed by atoms with Crippen LogP contribution in [0.2, 0.25) is 0 Å². The molecule has 0 spiro atoms. The summed E-state index contributed by atoms with van der Waals surface area (Å²) in [5.41, 5.74) is 5.16. The van der Waals surface area contributed by atoms with Gasteiger partial charge in [-0.2, -0.15) is 15.1 Å². The Morgan fingerprint density at radius 1 is 1.11 bits per heavy atom. The van der Waals surface area contributed by atoms with Crippen molar-refractivity contribution in [2.75, 3.05) is 7.11 Å². The molecule has 0 fully saturated rings. The highest BCUT2D eigenvalue weighted by molar-refractivity contribution is 14.1. The monoisotopic (exact) mass is 622 g/mol. The van der Waals surface area contributed by atoms with Crippen LogP contribution in [-0.4, -0.2) is 34.1 Å². The number of halogens is 1. The van der Waals surface area contributed by atoms with E-state index in [0.717, 1.165) is 25.8 Å². The summed E-state index contributed by atoms with van der Waals surface area (Å²) in [5, 5.41) is 15.7. The number of methoxy groups -OCH3 is 1. The second-order valence-corrected chi connectivity index (χ2v) is 10.7. The van der Waals surface area contributed by atoms with Crippen molar-refractivity contribution in [3.8, 4) is 11.5 Å². The average Bonchev–Trinajstić information content (AvgIpc) is 3.31. The minimum Gasteiger partial charge on any atom is -0.493 e. The maximum Gasteiger partial charge on any atom is 0.283 e. The third-order valence-electron chi connectivity index (χ3n) is 5.95. The lowest BCUT2D eigenvalue weighted by atomic mass is 10.1. The van der Waals surface area contributed by atoms with Gasteiger partial charge in [-0.3, -0.25) is 10.2 Å². The van der Waals surface area contributed by atoms with Crippen LogP contribution in [0.4, 0.5) is 0 Å². The van der Waals surface area contributed by atoms with Crippen molar-refractivity contribution in [3.63, 3.8) is 0 Å².